The van der Waals surface area contributed by atoms with E-state index in [-0.39, 0.29) is 0 Å². The van der Waals surface area contributed by atoms with E-state index in [4.69, 9.17) is 0 Å². The topological polar surface area (TPSA) is 3.24 Å². The smallest absolute Gasteiger partial charge is 0.00539 e. The summed E-state index contributed by atoms with van der Waals surface area (Å²) in [4.78, 5) is 2.44. The van der Waals surface area contributed by atoms with Crippen LogP contribution in [0.3, 0.4) is 0 Å². The Labute approximate surface area is 109 Å². The summed E-state index contributed by atoms with van der Waals surface area (Å²) in [5, 5.41) is 0. The lowest BCUT2D eigenvalue weighted by molar-refractivity contribution is 0.408. The van der Waals surface area contributed by atoms with Gasteiger partial charge in [0, 0.05) is 24.9 Å². The van der Waals surface area contributed by atoms with Crippen molar-refractivity contribution in [3.05, 3.63) is 71.8 Å². The van der Waals surface area contributed by atoms with Crippen LogP contribution in [-0.4, -0.2) is 25.0 Å². The van der Waals surface area contributed by atoms with Gasteiger partial charge in [-0.3, -0.25) is 0 Å². The van der Waals surface area contributed by atoms with E-state index in [1.807, 2.05) is 0 Å². The molecule has 0 aliphatic carbocycles. The molecular formula is C17H19N. The standard InChI is InChI=1S/C17H19N/c1-18-12-16(14-8-4-2-5-9-14)17(13-18)15-10-6-3-7-11-15/h2-11,16-17H,12-13H2,1H3/t16-,17-/m0/s1. The summed E-state index contributed by atoms with van der Waals surface area (Å²) in [6, 6.07) is 21.8. The van der Waals surface area contributed by atoms with Crippen molar-refractivity contribution in [3.8, 4) is 0 Å². The van der Waals surface area contributed by atoms with Crippen LogP contribution in [0.1, 0.15) is 23.0 Å². The van der Waals surface area contributed by atoms with Crippen molar-refractivity contribution in [2.75, 3.05) is 20.1 Å². The molecule has 1 aliphatic rings. The molecule has 1 saturated heterocycles. The van der Waals surface area contributed by atoms with E-state index in [1.165, 1.54) is 11.1 Å². The van der Waals surface area contributed by atoms with Crippen molar-refractivity contribution in [1.29, 1.82) is 0 Å². The quantitative estimate of drug-likeness (QED) is 0.772. The van der Waals surface area contributed by atoms with Crippen LogP contribution in [0.5, 0.6) is 0 Å². The van der Waals surface area contributed by atoms with E-state index in [9.17, 15) is 0 Å². The van der Waals surface area contributed by atoms with Gasteiger partial charge in [-0.1, -0.05) is 60.7 Å². The Balaban J connectivity index is 1.93. The van der Waals surface area contributed by atoms with E-state index in [1.54, 1.807) is 0 Å². The van der Waals surface area contributed by atoms with Crippen molar-refractivity contribution in [2.45, 2.75) is 11.8 Å². The molecule has 92 valence electrons. The summed E-state index contributed by atoms with van der Waals surface area (Å²) < 4.78 is 0. The maximum Gasteiger partial charge on any atom is 0.00539 e. The molecule has 3 rings (SSSR count). The first-order valence-corrected chi connectivity index (χ1v) is 6.63. The minimum absolute atomic E-state index is 0.624. The van der Waals surface area contributed by atoms with Crippen LogP contribution < -0.4 is 0 Å². The zero-order chi connectivity index (χ0) is 12.4. The third-order valence-corrected chi connectivity index (χ3v) is 3.96. The van der Waals surface area contributed by atoms with Gasteiger partial charge in [-0.05, 0) is 18.2 Å². The highest BCUT2D eigenvalue weighted by molar-refractivity contribution is 5.31. The average molecular weight is 237 g/mol. The maximum atomic E-state index is 2.44. The zero-order valence-corrected chi connectivity index (χ0v) is 10.8. The van der Waals surface area contributed by atoms with Gasteiger partial charge in [0.25, 0.3) is 0 Å². The Morgan fingerprint density at radius 2 is 1.11 bits per heavy atom. The number of likely N-dealkylation sites (N-methyl/N-ethyl adjacent to an activating group) is 1. The second kappa shape index (κ2) is 4.95. The summed E-state index contributed by atoms with van der Waals surface area (Å²) in [5.41, 5.74) is 2.94. The molecule has 1 heterocycles. The Bertz CT molecular complexity index is 444. The number of likely N-dealkylation sites (tertiary alicyclic amines) is 1. The van der Waals surface area contributed by atoms with Crippen molar-refractivity contribution in [1.82, 2.24) is 4.90 Å². The third-order valence-electron chi connectivity index (χ3n) is 3.96. The Morgan fingerprint density at radius 1 is 0.722 bits per heavy atom. The van der Waals surface area contributed by atoms with E-state index in [2.05, 4.69) is 72.6 Å². The molecule has 0 aromatic heterocycles. The van der Waals surface area contributed by atoms with Gasteiger partial charge < -0.3 is 4.90 Å². The lowest BCUT2D eigenvalue weighted by atomic mass is 9.84. The first kappa shape index (κ1) is 11.5. The Morgan fingerprint density at radius 3 is 1.50 bits per heavy atom. The molecule has 0 bridgehead atoms. The second-order valence-electron chi connectivity index (χ2n) is 5.26. The normalized spacial score (nSPS) is 24.3. The first-order chi connectivity index (χ1) is 8.84. The van der Waals surface area contributed by atoms with Gasteiger partial charge in [0.1, 0.15) is 0 Å². The highest BCUT2D eigenvalue weighted by Crippen LogP contribution is 2.38. The monoisotopic (exact) mass is 237 g/mol. The molecule has 18 heavy (non-hydrogen) atoms. The van der Waals surface area contributed by atoms with Crippen LogP contribution in [0, 0.1) is 0 Å². The summed E-state index contributed by atoms with van der Waals surface area (Å²) in [6.07, 6.45) is 0. The average Bonchev–Trinajstić information content (AvgIpc) is 2.83. The minimum atomic E-state index is 0.624. The molecule has 2 aromatic rings. The molecule has 0 unspecified atom stereocenters. The molecule has 0 radical (unpaired) electrons. The minimum Gasteiger partial charge on any atom is -0.305 e. The lowest BCUT2D eigenvalue weighted by Gasteiger charge is -2.19. The number of benzene rings is 2. The molecule has 0 N–H and O–H groups in total. The van der Waals surface area contributed by atoms with Crippen LogP contribution in [0.15, 0.2) is 60.7 Å². The van der Waals surface area contributed by atoms with E-state index >= 15 is 0 Å². The fourth-order valence-corrected chi connectivity index (χ4v) is 3.08. The van der Waals surface area contributed by atoms with Crippen LogP contribution in [0.2, 0.25) is 0 Å². The molecule has 0 amide bonds. The summed E-state index contributed by atoms with van der Waals surface area (Å²) in [7, 11) is 2.22. The van der Waals surface area contributed by atoms with Gasteiger partial charge in [-0.25, -0.2) is 0 Å². The fourth-order valence-electron chi connectivity index (χ4n) is 3.08. The van der Waals surface area contributed by atoms with E-state index < -0.39 is 0 Å². The number of rotatable bonds is 2. The largest absolute Gasteiger partial charge is 0.305 e. The number of hydrogen-bond acceptors (Lipinski definition) is 1. The van der Waals surface area contributed by atoms with Gasteiger partial charge in [0.2, 0.25) is 0 Å². The molecule has 2 aromatic carbocycles. The third kappa shape index (κ3) is 2.19. The van der Waals surface area contributed by atoms with Gasteiger partial charge >= 0.3 is 0 Å². The lowest BCUT2D eigenvalue weighted by Crippen LogP contribution is -2.13. The van der Waals surface area contributed by atoms with Crippen LogP contribution in [0.4, 0.5) is 0 Å². The second-order valence-corrected chi connectivity index (χ2v) is 5.26. The first-order valence-electron chi connectivity index (χ1n) is 6.63. The maximum absolute atomic E-state index is 2.44. The van der Waals surface area contributed by atoms with Crippen LogP contribution in [-0.2, 0) is 0 Å². The van der Waals surface area contributed by atoms with Gasteiger partial charge in [-0.15, -0.1) is 0 Å². The van der Waals surface area contributed by atoms with Gasteiger partial charge in [-0.2, -0.15) is 0 Å². The molecule has 0 saturated carbocycles. The predicted molar refractivity (Wildman–Crippen MR) is 75.9 cm³/mol. The van der Waals surface area contributed by atoms with Crippen LogP contribution in [0.25, 0.3) is 0 Å². The van der Waals surface area contributed by atoms with Crippen LogP contribution >= 0.6 is 0 Å². The number of hydrogen-bond donors (Lipinski definition) is 0. The SMILES string of the molecule is CN1C[C@@H](c2ccccc2)[C@H](c2ccccc2)C1. The molecule has 1 aliphatic heterocycles. The highest BCUT2D eigenvalue weighted by atomic mass is 15.1. The summed E-state index contributed by atoms with van der Waals surface area (Å²) >= 11 is 0. The fraction of sp³-hybridized carbons (Fsp3) is 0.294. The van der Waals surface area contributed by atoms with E-state index in [0.717, 1.165) is 13.1 Å². The molecule has 1 heteroatoms. The molecule has 2 atom stereocenters. The molecule has 0 spiro atoms. The van der Waals surface area contributed by atoms with Crippen molar-refractivity contribution in [3.63, 3.8) is 0 Å². The van der Waals surface area contributed by atoms with E-state index in [0.29, 0.717) is 11.8 Å². The number of nitrogens with zero attached hydrogens (tertiary/aromatic N) is 1. The Kier molecular flexibility index (Phi) is 3.16. The summed E-state index contributed by atoms with van der Waals surface area (Å²) in [5.74, 6) is 1.25. The molecular weight excluding hydrogens is 218 g/mol. The van der Waals surface area contributed by atoms with Crippen molar-refractivity contribution in [2.24, 2.45) is 0 Å². The van der Waals surface area contributed by atoms with Crippen molar-refractivity contribution < 1.29 is 0 Å². The zero-order valence-electron chi connectivity index (χ0n) is 10.8. The van der Waals surface area contributed by atoms with Gasteiger partial charge in [0.15, 0.2) is 0 Å². The Hall–Kier alpha value is -1.60. The summed E-state index contributed by atoms with van der Waals surface area (Å²) in [6.45, 7) is 2.31. The molecule has 1 fully saturated rings. The molecule has 1 nitrogen and oxygen atoms in total. The van der Waals surface area contributed by atoms with Crippen molar-refractivity contribution >= 4 is 0 Å². The van der Waals surface area contributed by atoms with Gasteiger partial charge in [0.05, 0.1) is 0 Å². The highest BCUT2D eigenvalue weighted by Gasteiger charge is 2.32. The predicted octanol–water partition coefficient (Wildman–Crippen LogP) is 3.50.